The molecule has 2 heterocycles. The Balaban J connectivity index is 1.70. The lowest BCUT2D eigenvalue weighted by molar-refractivity contribution is -0.174. The number of carbonyl (C=O) groups excluding carboxylic acids is 1. The Morgan fingerprint density at radius 1 is 1.08 bits per heavy atom. The van der Waals surface area contributed by atoms with Crippen LogP contribution in [0.3, 0.4) is 0 Å². The van der Waals surface area contributed by atoms with Crippen molar-refractivity contribution in [1.82, 2.24) is 15.1 Å². The standard InChI is InChI=1S/C21H33N3O2/c1-20(2,3)26-19(25)21(24-15-11-22-12-16-24)9-13-23(14-10-21)17-18-7-5-4-6-8-18/h4-8,22H,9-17H2,1-3H3. The minimum absolute atomic E-state index is 0.0359. The zero-order valence-electron chi connectivity index (χ0n) is 16.5. The van der Waals surface area contributed by atoms with Crippen LogP contribution in [-0.4, -0.2) is 66.2 Å². The summed E-state index contributed by atoms with van der Waals surface area (Å²) in [6.45, 7) is 12.4. The lowest BCUT2D eigenvalue weighted by Gasteiger charge is -2.49. The zero-order chi connectivity index (χ0) is 18.6. The summed E-state index contributed by atoms with van der Waals surface area (Å²) in [5.41, 5.74) is 0.418. The average molecular weight is 360 g/mol. The number of piperazine rings is 1. The Morgan fingerprint density at radius 3 is 2.27 bits per heavy atom. The second-order valence-corrected chi connectivity index (χ2v) is 8.53. The van der Waals surface area contributed by atoms with Crippen molar-refractivity contribution in [3.05, 3.63) is 35.9 Å². The van der Waals surface area contributed by atoms with Crippen LogP contribution in [0.1, 0.15) is 39.2 Å². The highest BCUT2D eigenvalue weighted by molar-refractivity contribution is 5.81. The van der Waals surface area contributed by atoms with Gasteiger partial charge in [0.1, 0.15) is 11.1 Å². The Morgan fingerprint density at radius 2 is 1.69 bits per heavy atom. The first-order valence-corrected chi connectivity index (χ1v) is 9.85. The van der Waals surface area contributed by atoms with Crippen molar-refractivity contribution in [2.24, 2.45) is 0 Å². The minimum Gasteiger partial charge on any atom is -0.459 e. The van der Waals surface area contributed by atoms with E-state index < -0.39 is 11.1 Å². The van der Waals surface area contributed by atoms with Crippen LogP contribution in [0.4, 0.5) is 0 Å². The van der Waals surface area contributed by atoms with Gasteiger partial charge in [-0.2, -0.15) is 0 Å². The molecule has 0 bridgehead atoms. The van der Waals surface area contributed by atoms with Crippen LogP contribution in [-0.2, 0) is 16.1 Å². The van der Waals surface area contributed by atoms with Crippen LogP contribution in [0.5, 0.6) is 0 Å². The van der Waals surface area contributed by atoms with Crippen molar-refractivity contribution < 1.29 is 9.53 Å². The van der Waals surface area contributed by atoms with Gasteiger partial charge >= 0.3 is 5.97 Å². The highest BCUT2D eigenvalue weighted by Crippen LogP contribution is 2.33. The zero-order valence-corrected chi connectivity index (χ0v) is 16.5. The van der Waals surface area contributed by atoms with E-state index in [4.69, 9.17) is 4.74 Å². The monoisotopic (exact) mass is 359 g/mol. The van der Waals surface area contributed by atoms with Gasteiger partial charge in [0.05, 0.1) is 0 Å². The van der Waals surface area contributed by atoms with E-state index in [0.29, 0.717) is 0 Å². The van der Waals surface area contributed by atoms with Crippen molar-refractivity contribution in [3.63, 3.8) is 0 Å². The van der Waals surface area contributed by atoms with Crippen LogP contribution in [0, 0.1) is 0 Å². The summed E-state index contributed by atoms with van der Waals surface area (Å²) in [6.07, 6.45) is 1.68. The molecule has 0 aromatic heterocycles. The Hall–Kier alpha value is -1.43. The van der Waals surface area contributed by atoms with Gasteiger partial charge in [0.2, 0.25) is 0 Å². The lowest BCUT2D eigenvalue weighted by Crippen LogP contribution is -2.64. The number of carbonyl (C=O) groups is 1. The molecule has 0 radical (unpaired) electrons. The topological polar surface area (TPSA) is 44.8 Å². The van der Waals surface area contributed by atoms with E-state index in [9.17, 15) is 4.79 Å². The van der Waals surface area contributed by atoms with E-state index in [-0.39, 0.29) is 5.97 Å². The highest BCUT2D eigenvalue weighted by atomic mass is 16.6. The fourth-order valence-electron chi connectivity index (χ4n) is 4.04. The molecule has 2 saturated heterocycles. The summed E-state index contributed by atoms with van der Waals surface area (Å²) in [4.78, 5) is 18.0. The van der Waals surface area contributed by atoms with Gasteiger partial charge in [0.25, 0.3) is 0 Å². The average Bonchev–Trinajstić information content (AvgIpc) is 2.63. The molecule has 1 aromatic rings. The Bertz CT molecular complexity index is 583. The van der Waals surface area contributed by atoms with Gasteiger partial charge in [-0.25, -0.2) is 0 Å². The quantitative estimate of drug-likeness (QED) is 0.836. The molecule has 3 rings (SSSR count). The molecule has 0 atom stereocenters. The molecule has 2 aliphatic heterocycles. The maximum absolute atomic E-state index is 13.2. The van der Waals surface area contributed by atoms with E-state index in [0.717, 1.165) is 58.7 Å². The second kappa shape index (κ2) is 8.07. The number of nitrogens with zero attached hydrogens (tertiary/aromatic N) is 2. The maximum Gasteiger partial charge on any atom is 0.327 e. The van der Waals surface area contributed by atoms with Crippen molar-refractivity contribution in [2.45, 2.75) is 51.3 Å². The summed E-state index contributed by atoms with van der Waals surface area (Å²) < 4.78 is 5.87. The first-order valence-electron chi connectivity index (χ1n) is 9.85. The number of nitrogens with one attached hydrogen (secondary N) is 1. The number of piperidine rings is 1. The Labute approximate surface area is 157 Å². The Kier molecular flexibility index (Phi) is 6.00. The number of hydrogen-bond donors (Lipinski definition) is 1. The summed E-state index contributed by atoms with van der Waals surface area (Å²) in [7, 11) is 0. The van der Waals surface area contributed by atoms with Gasteiger partial charge in [0.15, 0.2) is 0 Å². The molecule has 0 amide bonds. The van der Waals surface area contributed by atoms with Crippen LogP contribution >= 0.6 is 0 Å². The van der Waals surface area contributed by atoms with Gasteiger partial charge in [-0.15, -0.1) is 0 Å². The number of rotatable bonds is 4. The number of hydrogen-bond acceptors (Lipinski definition) is 5. The third kappa shape index (κ3) is 4.64. The van der Waals surface area contributed by atoms with Gasteiger partial charge in [0, 0.05) is 45.8 Å². The van der Waals surface area contributed by atoms with Crippen LogP contribution in [0.2, 0.25) is 0 Å². The third-order valence-electron chi connectivity index (χ3n) is 5.43. The molecule has 5 heteroatoms. The SMILES string of the molecule is CC(C)(C)OC(=O)C1(N2CCNCC2)CCN(Cc2ccccc2)CC1. The predicted octanol–water partition coefficient (Wildman–Crippen LogP) is 2.27. The van der Waals surface area contributed by atoms with Crippen molar-refractivity contribution >= 4 is 5.97 Å². The fraction of sp³-hybridized carbons (Fsp3) is 0.667. The molecular formula is C21H33N3O2. The maximum atomic E-state index is 13.2. The van der Waals surface area contributed by atoms with Crippen molar-refractivity contribution in [1.29, 1.82) is 0 Å². The molecule has 144 valence electrons. The number of esters is 1. The smallest absolute Gasteiger partial charge is 0.327 e. The number of benzene rings is 1. The molecular weight excluding hydrogens is 326 g/mol. The predicted molar refractivity (Wildman–Crippen MR) is 104 cm³/mol. The van der Waals surface area contributed by atoms with Crippen LogP contribution in [0.15, 0.2) is 30.3 Å². The first-order chi connectivity index (χ1) is 12.4. The molecule has 26 heavy (non-hydrogen) atoms. The van der Waals surface area contributed by atoms with Crippen molar-refractivity contribution in [2.75, 3.05) is 39.3 Å². The summed E-state index contributed by atoms with van der Waals surface area (Å²) in [5.74, 6) is -0.0359. The van der Waals surface area contributed by atoms with E-state index in [2.05, 4.69) is 45.4 Å². The van der Waals surface area contributed by atoms with Gasteiger partial charge in [-0.1, -0.05) is 30.3 Å². The third-order valence-corrected chi connectivity index (χ3v) is 5.43. The molecule has 0 unspecified atom stereocenters. The molecule has 2 fully saturated rings. The first kappa shape index (κ1) is 19.3. The fourth-order valence-corrected chi connectivity index (χ4v) is 4.04. The van der Waals surface area contributed by atoms with E-state index >= 15 is 0 Å². The molecule has 1 aromatic carbocycles. The second-order valence-electron chi connectivity index (χ2n) is 8.53. The largest absolute Gasteiger partial charge is 0.459 e. The van der Waals surface area contributed by atoms with Gasteiger partial charge in [-0.05, 0) is 39.2 Å². The molecule has 5 nitrogen and oxygen atoms in total. The molecule has 1 N–H and O–H groups in total. The summed E-state index contributed by atoms with van der Waals surface area (Å²) in [6, 6.07) is 10.6. The molecule has 2 aliphatic rings. The van der Waals surface area contributed by atoms with Crippen LogP contribution in [0.25, 0.3) is 0 Å². The van der Waals surface area contributed by atoms with E-state index in [1.807, 2.05) is 20.8 Å². The molecule has 0 saturated carbocycles. The molecule has 0 aliphatic carbocycles. The lowest BCUT2D eigenvalue weighted by atomic mass is 9.84. The summed E-state index contributed by atoms with van der Waals surface area (Å²) in [5, 5.41) is 3.40. The minimum atomic E-state index is -0.470. The molecule has 0 spiro atoms. The van der Waals surface area contributed by atoms with Crippen LogP contribution < -0.4 is 5.32 Å². The van der Waals surface area contributed by atoms with Gasteiger partial charge in [-0.3, -0.25) is 14.6 Å². The van der Waals surface area contributed by atoms with Crippen molar-refractivity contribution in [3.8, 4) is 0 Å². The van der Waals surface area contributed by atoms with Gasteiger partial charge < -0.3 is 10.1 Å². The van der Waals surface area contributed by atoms with E-state index in [1.54, 1.807) is 0 Å². The number of likely N-dealkylation sites (tertiary alicyclic amines) is 1. The summed E-state index contributed by atoms with van der Waals surface area (Å²) >= 11 is 0. The normalized spacial score (nSPS) is 22.1. The highest BCUT2D eigenvalue weighted by Gasteiger charge is 2.48. The van der Waals surface area contributed by atoms with E-state index in [1.165, 1.54) is 5.56 Å². The number of ether oxygens (including phenoxy) is 1.